The van der Waals surface area contributed by atoms with E-state index in [-0.39, 0.29) is 0 Å². The van der Waals surface area contributed by atoms with Gasteiger partial charge in [-0.15, -0.1) is 0 Å². The number of likely N-dealkylation sites (tertiary alicyclic amines) is 1. The summed E-state index contributed by atoms with van der Waals surface area (Å²) in [5.74, 6) is 0.935. The van der Waals surface area contributed by atoms with Crippen LogP contribution in [0.15, 0.2) is 6.20 Å². The molecule has 1 fully saturated rings. The molecule has 17 heavy (non-hydrogen) atoms. The first kappa shape index (κ1) is 12.6. The number of hydrogen-bond acceptors (Lipinski definition) is 4. The van der Waals surface area contributed by atoms with Crippen molar-refractivity contribution in [3.63, 3.8) is 0 Å². The van der Waals surface area contributed by atoms with Gasteiger partial charge in [0.25, 0.3) is 0 Å². The lowest BCUT2D eigenvalue weighted by molar-refractivity contribution is 0.314. The topological polar surface area (TPSA) is 32.3 Å². The number of aryl methyl sites for hydroxylation is 1. The second kappa shape index (κ2) is 5.19. The number of aromatic nitrogens is 2. The molecular weight excluding hydrogens is 236 g/mol. The van der Waals surface area contributed by atoms with Crippen molar-refractivity contribution < 1.29 is 0 Å². The Balaban J connectivity index is 2.08. The average molecular weight is 255 g/mol. The lowest BCUT2D eigenvalue weighted by Gasteiger charge is -2.27. The molecule has 0 N–H and O–H groups in total. The van der Waals surface area contributed by atoms with Crippen LogP contribution < -0.4 is 4.90 Å². The van der Waals surface area contributed by atoms with E-state index < -0.39 is 0 Å². The van der Waals surface area contributed by atoms with Crippen LogP contribution in [0.5, 0.6) is 0 Å². The van der Waals surface area contributed by atoms with Crippen molar-refractivity contribution in [3.8, 4) is 0 Å². The summed E-state index contributed by atoms with van der Waals surface area (Å²) < 4.78 is 0. The van der Waals surface area contributed by atoms with E-state index in [2.05, 4.69) is 33.9 Å². The van der Waals surface area contributed by atoms with Crippen molar-refractivity contribution >= 4 is 17.4 Å². The molecule has 1 saturated heterocycles. The molecule has 1 aliphatic rings. The van der Waals surface area contributed by atoms with E-state index in [1.165, 1.54) is 19.4 Å². The summed E-state index contributed by atoms with van der Waals surface area (Å²) in [6.07, 6.45) is 4.33. The molecule has 0 amide bonds. The monoisotopic (exact) mass is 254 g/mol. The molecule has 1 unspecified atom stereocenters. The molecule has 1 aliphatic heterocycles. The highest BCUT2D eigenvalue weighted by Crippen LogP contribution is 2.21. The SMILES string of the molecule is Cc1cnc(Cl)nc1N(C)CC1CCCN1C. The number of anilines is 1. The minimum atomic E-state index is 0.317. The van der Waals surface area contributed by atoms with E-state index in [1.807, 2.05) is 6.92 Å². The second-order valence-corrected chi connectivity index (χ2v) is 5.14. The van der Waals surface area contributed by atoms with Gasteiger partial charge in [-0.2, -0.15) is 0 Å². The van der Waals surface area contributed by atoms with Gasteiger partial charge >= 0.3 is 0 Å². The summed E-state index contributed by atoms with van der Waals surface area (Å²) >= 11 is 5.85. The third-order valence-corrected chi connectivity index (χ3v) is 3.62. The van der Waals surface area contributed by atoms with E-state index in [4.69, 9.17) is 11.6 Å². The quantitative estimate of drug-likeness (QED) is 0.772. The summed E-state index contributed by atoms with van der Waals surface area (Å²) in [7, 11) is 4.25. The molecule has 5 heteroatoms. The smallest absolute Gasteiger partial charge is 0.224 e. The van der Waals surface area contributed by atoms with Crippen molar-refractivity contribution in [1.29, 1.82) is 0 Å². The molecule has 1 atom stereocenters. The molecule has 2 heterocycles. The number of likely N-dealkylation sites (N-methyl/N-ethyl adjacent to an activating group) is 2. The zero-order chi connectivity index (χ0) is 12.4. The third kappa shape index (κ3) is 2.87. The first-order chi connectivity index (χ1) is 8.08. The van der Waals surface area contributed by atoms with E-state index in [1.54, 1.807) is 6.20 Å². The molecule has 1 aromatic heterocycles. The highest BCUT2D eigenvalue weighted by atomic mass is 35.5. The summed E-state index contributed by atoms with van der Waals surface area (Å²) in [6.45, 7) is 4.20. The molecule has 0 radical (unpaired) electrons. The maximum absolute atomic E-state index is 5.85. The van der Waals surface area contributed by atoms with E-state index in [9.17, 15) is 0 Å². The highest BCUT2D eigenvalue weighted by Gasteiger charge is 2.23. The largest absolute Gasteiger partial charge is 0.358 e. The van der Waals surface area contributed by atoms with Gasteiger partial charge in [-0.1, -0.05) is 0 Å². The van der Waals surface area contributed by atoms with E-state index in [0.717, 1.165) is 17.9 Å². The molecule has 1 aromatic rings. The fourth-order valence-corrected chi connectivity index (χ4v) is 2.54. The molecule has 0 bridgehead atoms. The first-order valence-electron chi connectivity index (χ1n) is 5.98. The van der Waals surface area contributed by atoms with Crippen LogP contribution in [0.25, 0.3) is 0 Å². The van der Waals surface area contributed by atoms with Crippen molar-refractivity contribution in [2.24, 2.45) is 0 Å². The number of rotatable bonds is 3. The first-order valence-corrected chi connectivity index (χ1v) is 6.36. The second-order valence-electron chi connectivity index (χ2n) is 4.80. The Morgan fingerprint density at radius 3 is 3.00 bits per heavy atom. The van der Waals surface area contributed by atoms with Gasteiger partial charge < -0.3 is 9.80 Å². The Hall–Kier alpha value is -0.870. The third-order valence-electron chi connectivity index (χ3n) is 3.43. The minimum absolute atomic E-state index is 0.317. The molecule has 0 saturated carbocycles. The molecule has 4 nitrogen and oxygen atoms in total. The van der Waals surface area contributed by atoms with Crippen LogP contribution in [-0.4, -0.2) is 48.1 Å². The standard InChI is InChI=1S/C12H19ClN4/c1-9-7-14-12(13)15-11(9)17(3)8-10-5-4-6-16(10)2/h7,10H,4-6,8H2,1-3H3. The Kier molecular flexibility index (Phi) is 3.84. The average Bonchev–Trinajstić information content (AvgIpc) is 2.68. The highest BCUT2D eigenvalue weighted by molar-refractivity contribution is 6.28. The van der Waals surface area contributed by atoms with Crippen LogP contribution in [0.2, 0.25) is 5.28 Å². The van der Waals surface area contributed by atoms with Crippen molar-refractivity contribution in [2.45, 2.75) is 25.8 Å². The fourth-order valence-electron chi connectivity index (χ4n) is 2.41. The van der Waals surface area contributed by atoms with Crippen molar-refractivity contribution in [2.75, 3.05) is 32.1 Å². The zero-order valence-electron chi connectivity index (χ0n) is 10.6. The Morgan fingerprint density at radius 2 is 2.35 bits per heavy atom. The van der Waals surface area contributed by atoms with Gasteiger partial charge in [-0.05, 0) is 45.0 Å². The number of hydrogen-bond donors (Lipinski definition) is 0. The molecule has 94 valence electrons. The lowest BCUT2D eigenvalue weighted by Crippen LogP contribution is -2.37. The van der Waals surface area contributed by atoms with Gasteiger partial charge in [-0.3, -0.25) is 0 Å². The maximum atomic E-state index is 5.85. The van der Waals surface area contributed by atoms with Crippen molar-refractivity contribution in [3.05, 3.63) is 17.0 Å². The van der Waals surface area contributed by atoms with Gasteiger partial charge in [0.2, 0.25) is 5.28 Å². The van der Waals surface area contributed by atoms with Gasteiger partial charge in [0.05, 0.1) is 0 Å². The van der Waals surface area contributed by atoms with Crippen LogP contribution in [0, 0.1) is 6.92 Å². The maximum Gasteiger partial charge on any atom is 0.224 e. The molecule has 0 aromatic carbocycles. The molecular formula is C12H19ClN4. The van der Waals surface area contributed by atoms with Gasteiger partial charge in [0.1, 0.15) is 5.82 Å². The predicted octanol–water partition coefficient (Wildman–Crippen LogP) is 1.97. The summed E-state index contributed by atoms with van der Waals surface area (Å²) in [5.41, 5.74) is 1.07. The van der Waals surface area contributed by atoms with Gasteiger partial charge in [0, 0.05) is 31.4 Å². The number of halogens is 1. The molecule has 2 rings (SSSR count). The molecule has 0 spiro atoms. The lowest BCUT2D eigenvalue weighted by atomic mass is 10.2. The van der Waals surface area contributed by atoms with Gasteiger partial charge in [-0.25, -0.2) is 9.97 Å². The summed E-state index contributed by atoms with van der Waals surface area (Å²) in [6, 6.07) is 0.619. The minimum Gasteiger partial charge on any atom is -0.358 e. The van der Waals surface area contributed by atoms with E-state index >= 15 is 0 Å². The van der Waals surface area contributed by atoms with Crippen molar-refractivity contribution in [1.82, 2.24) is 14.9 Å². The Morgan fingerprint density at radius 1 is 1.59 bits per heavy atom. The summed E-state index contributed by atoms with van der Waals surface area (Å²) in [5, 5.41) is 0.317. The summed E-state index contributed by atoms with van der Waals surface area (Å²) in [4.78, 5) is 12.9. The van der Waals surface area contributed by atoms with Crippen LogP contribution in [0.1, 0.15) is 18.4 Å². The zero-order valence-corrected chi connectivity index (χ0v) is 11.4. The van der Waals surface area contributed by atoms with Crippen LogP contribution in [0.4, 0.5) is 5.82 Å². The van der Waals surface area contributed by atoms with Crippen LogP contribution >= 0.6 is 11.6 Å². The number of nitrogens with zero attached hydrogens (tertiary/aromatic N) is 4. The normalized spacial score (nSPS) is 20.8. The van der Waals surface area contributed by atoms with Crippen LogP contribution in [-0.2, 0) is 0 Å². The Bertz CT molecular complexity index is 396. The molecule has 0 aliphatic carbocycles. The van der Waals surface area contributed by atoms with Gasteiger partial charge in [0.15, 0.2) is 0 Å². The predicted molar refractivity (Wildman–Crippen MR) is 70.7 cm³/mol. The van der Waals surface area contributed by atoms with E-state index in [0.29, 0.717) is 11.3 Å². The fraction of sp³-hybridized carbons (Fsp3) is 0.667. The Labute approximate surface area is 108 Å². The van der Waals surface area contributed by atoms with Crippen LogP contribution in [0.3, 0.4) is 0 Å².